The molecule has 6 heteroatoms. The molecule has 0 fully saturated rings. The summed E-state index contributed by atoms with van der Waals surface area (Å²) in [5.74, 6) is -0.970. The van der Waals surface area contributed by atoms with Crippen molar-refractivity contribution in [2.45, 2.75) is 232 Å². The highest BCUT2D eigenvalue weighted by Gasteiger charge is 2.19. The SMILES string of the molecule is CC\C=C/C=C\C=C/C=C\C=C\C=C/C=C\CCCCCC(=O)OCC(COC(=O)CCCCCCCCC/C=C\C/C=C\CC)OC(=O)CCCCCCC/C=C\CCCCCCCCC. The van der Waals surface area contributed by atoms with E-state index in [1.54, 1.807) is 0 Å². The Labute approximate surface area is 412 Å². The number of hydrogen-bond acceptors (Lipinski definition) is 6. The van der Waals surface area contributed by atoms with E-state index in [0.29, 0.717) is 19.3 Å². The molecule has 0 aromatic carbocycles. The van der Waals surface area contributed by atoms with Gasteiger partial charge in [-0.2, -0.15) is 0 Å². The molecule has 0 saturated carbocycles. The molecule has 0 heterocycles. The summed E-state index contributed by atoms with van der Waals surface area (Å²) in [6, 6.07) is 0. The lowest BCUT2D eigenvalue weighted by Crippen LogP contribution is -2.30. The number of ether oxygens (including phenoxy) is 3. The number of hydrogen-bond donors (Lipinski definition) is 0. The van der Waals surface area contributed by atoms with E-state index < -0.39 is 6.10 Å². The third-order valence-corrected chi connectivity index (χ3v) is 11.1. The van der Waals surface area contributed by atoms with Crippen LogP contribution < -0.4 is 0 Å². The van der Waals surface area contributed by atoms with Crippen LogP contribution in [0.2, 0.25) is 0 Å². The van der Waals surface area contributed by atoms with Gasteiger partial charge in [-0.15, -0.1) is 0 Å². The van der Waals surface area contributed by atoms with E-state index in [1.807, 2.05) is 72.9 Å². The van der Waals surface area contributed by atoms with Crippen molar-refractivity contribution >= 4 is 17.9 Å². The van der Waals surface area contributed by atoms with Crippen molar-refractivity contribution in [2.75, 3.05) is 13.2 Å². The first-order chi connectivity index (χ1) is 33.0. The van der Waals surface area contributed by atoms with Gasteiger partial charge in [0.1, 0.15) is 13.2 Å². The summed E-state index contributed by atoms with van der Waals surface area (Å²) in [6.45, 7) is 6.32. The van der Waals surface area contributed by atoms with Crippen LogP contribution in [0.1, 0.15) is 226 Å². The molecule has 1 unspecified atom stereocenters. The number of allylic oxidation sites excluding steroid dienone is 20. The third-order valence-electron chi connectivity index (χ3n) is 11.1. The Kier molecular flexibility index (Phi) is 51.0. The molecule has 0 aromatic rings. The Morgan fingerprint density at radius 1 is 0.328 bits per heavy atom. The monoisotopic (exact) mass is 927 g/mol. The highest BCUT2D eigenvalue weighted by atomic mass is 16.6. The molecule has 0 aliphatic rings. The molecule has 0 radical (unpaired) electrons. The molecule has 0 aliphatic heterocycles. The molecule has 6 nitrogen and oxygen atoms in total. The number of carbonyl (C=O) groups excluding carboxylic acids is 3. The molecule has 378 valence electrons. The van der Waals surface area contributed by atoms with Gasteiger partial charge in [-0.3, -0.25) is 14.4 Å². The predicted octanol–water partition coefficient (Wildman–Crippen LogP) is 18.1. The molecule has 0 bridgehead atoms. The second-order valence-electron chi connectivity index (χ2n) is 17.6. The minimum Gasteiger partial charge on any atom is -0.462 e. The van der Waals surface area contributed by atoms with Crippen LogP contribution in [0, 0.1) is 0 Å². The highest BCUT2D eigenvalue weighted by molar-refractivity contribution is 5.71. The number of carbonyl (C=O) groups is 3. The Balaban J connectivity index is 4.53. The van der Waals surface area contributed by atoms with E-state index >= 15 is 0 Å². The third kappa shape index (κ3) is 52.6. The average molecular weight is 927 g/mol. The molecule has 0 amide bonds. The van der Waals surface area contributed by atoms with Gasteiger partial charge >= 0.3 is 17.9 Å². The quantitative estimate of drug-likeness (QED) is 0.0199. The summed E-state index contributed by atoms with van der Waals surface area (Å²) in [4.78, 5) is 38.1. The average Bonchev–Trinajstić information content (AvgIpc) is 3.33. The van der Waals surface area contributed by atoms with Crippen LogP contribution in [-0.4, -0.2) is 37.2 Å². The molecule has 0 aliphatic carbocycles. The van der Waals surface area contributed by atoms with Gasteiger partial charge in [-0.1, -0.05) is 239 Å². The zero-order valence-corrected chi connectivity index (χ0v) is 43.1. The van der Waals surface area contributed by atoms with E-state index in [-0.39, 0.29) is 31.1 Å². The van der Waals surface area contributed by atoms with Crippen LogP contribution in [0.5, 0.6) is 0 Å². The summed E-state index contributed by atoms with van der Waals surface area (Å²) in [5.41, 5.74) is 0. The number of esters is 3. The van der Waals surface area contributed by atoms with E-state index in [9.17, 15) is 14.4 Å². The topological polar surface area (TPSA) is 78.9 Å². The summed E-state index contributed by atoms with van der Waals surface area (Å²) in [6.07, 6.45) is 74.6. The normalized spacial score (nSPS) is 13.1. The lowest BCUT2D eigenvalue weighted by Gasteiger charge is -2.18. The lowest BCUT2D eigenvalue weighted by atomic mass is 10.1. The van der Waals surface area contributed by atoms with Crippen LogP contribution in [0.3, 0.4) is 0 Å². The van der Waals surface area contributed by atoms with Gasteiger partial charge in [0.2, 0.25) is 0 Å². The number of unbranched alkanes of at least 4 members (excludes halogenated alkanes) is 22. The van der Waals surface area contributed by atoms with Crippen LogP contribution >= 0.6 is 0 Å². The fourth-order valence-electron chi connectivity index (χ4n) is 7.10. The summed E-state index contributed by atoms with van der Waals surface area (Å²) in [7, 11) is 0. The van der Waals surface area contributed by atoms with E-state index in [1.165, 1.54) is 83.5 Å². The first-order valence-electron chi connectivity index (χ1n) is 27.1. The van der Waals surface area contributed by atoms with E-state index in [4.69, 9.17) is 14.2 Å². The molecule has 0 saturated heterocycles. The van der Waals surface area contributed by atoms with Gasteiger partial charge in [-0.25, -0.2) is 0 Å². The maximum absolute atomic E-state index is 12.8. The van der Waals surface area contributed by atoms with Crippen molar-refractivity contribution in [3.8, 4) is 0 Å². The zero-order chi connectivity index (χ0) is 48.6. The van der Waals surface area contributed by atoms with Crippen molar-refractivity contribution in [3.05, 3.63) is 122 Å². The van der Waals surface area contributed by atoms with Gasteiger partial charge in [-0.05, 0) is 89.9 Å². The van der Waals surface area contributed by atoms with Crippen molar-refractivity contribution in [3.63, 3.8) is 0 Å². The van der Waals surface area contributed by atoms with Gasteiger partial charge in [0.25, 0.3) is 0 Å². The molecule has 0 N–H and O–H groups in total. The maximum Gasteiger partial charge on any atom is 0.306 e. The largest absolute Gasteiger partial charge is 0.462 e. The predicted molar refractivity (Wildman–Crippen MR) is 288 cm³/mol. The van der Waals surface area contributed by atoms with Crippen molar-refractivity contribution in [1.29, 1.82) is 0 Å². The standard InChI is InChI=1S/C61H98O6/c1-4-7-10-13-16-19-22-25-28-30-31-32-34-36-39-42-45-48-51-54-60(63)66-57-58(56-65-59(62)53-50-47-44-41-38-35-27-24-21-18-15-12-9-6-3)67-61(64)55-52-49-46-43-40-37-33-29-26-23-20-17-14-11-8-5-2/h7,9-10,12-13,16,18-19,21-22,25,28-34,36,39,58H,4-6,8,11,14-15,17,20,23-24,26-27,35,37-38,40-57H2,1-3H3/b10-7-,12-9-,16-13-,21-18-,22-19-,28-25-,31-30+,33-29-,34-32-,39-36-. The smallest absolute Gasteiger partial charge is 0.306 e. The Morgan fingerprint density at radius 3 is 1.10 bits per heavy atom. The molecule has 0 spiro atoms. The van der Waals surface area contributed by atoms with Crippen molar-refractivity contribution in [2.24, 2.45) is 0 Å². The zero-order valence-electron chi connectivity index (χ0n) is 43.1. The highest BCUT2D eigenvalue weighted by Crippen LogP contribution is 2.14. The minimum atomic E-state index is -0.808. The Morgan fingerprint density at radius 2 is 0.657 bits per heavy atom. The molecule has 0 rings (SSSR count). The molecule has 1 atom stereocenters. The van der Waals surface area contributed by atoms with Crippen LogP contribution in [0.15, 0.2) is 122 Å². The molecular formula is C61H98O6. The lowest BCUT2D eigenvalue weighted by molar-refractivity contribution is -0.167. The van der Waals surface area contributed by atoms with Crippen LogP contribution in [0.4, 0.5) is 0 Å². The van der Waals surface area contributed by atoms with E-state index in [0.717, 1.165) is 103 Å². The summed E-state index contributed by atoms with van der Waals surface area (Å²) < 4.78 is 16.8. The Bertz CT molecular complexity index is 1440. The van der Waals surface area contributed by atoms with Gasteiger partial charge in [0, 0.05) is 19.3 Å². The second-order valence-corrected chi connectivity index (χ2v) is 17.6. The molecular weight excluding hydrogens is 829 g/mol. The van der Waals surface area contributed by atoms with Gasteiger partial charge in [0.15, 0.2) is 6.10 Å². The number of rotatable bonds is 47. The summed E-state index contributed by atoms with van der Waals surface area (Å²) in [5, 5.41) is 0. The maximum atomic E-state index is 12.8. The fourth-order valence-corrected chi connectivity index (χ4v) is 7.10. The van der Waals surface area contributed by atoms with Crippen LogP contribution in [-0.2, 0) is 28.6 Å². The summed E-state index contributed by atoms with van der Waals surface area (Å²) >= 11 is 0. The van der Waals surface area contributed by atoms with Gasteiger partial charge in [0.05, 0.1) is 0 Å². The minimum absolute atomic E-state index is 0.104. The van der Waals surface area contributed by atoms with Crippen molar-refractivity contribution in [1.82, 2.24) is 0 Å². The molecule has 0 aromatic heterocycles. The Hall–Kier alpha value is -4.19. The first-order valence-corrected chi connectivity index (χ1v) is 27.1. The van der Waals surface area contributed by atoms with Crippen molar-refractivity contribution < 1.29 is 28.6 Å². The second kappa shape index (κ2) is 54.4. The van der Waals surface area contributed by atoms with Crippen LogP contribution in [0.25, 0.3) is 0 Å². The van der Waals surface area contributed by atoms with Gasteiger partial charge < -0.3 is 14.2 Å². The fraction of sp³-hybridized carbons (Fsp3) is 0.623. The van der Waals surface area contributed by atoms with E-state index in [2.05, 4.69) is 69.4 Å². The molecule has 67 heavy (non-hydrogen) atoms. The first kappa shape index (κ1) is 62.8.